The van der Waals surface area contributed by atoms with Crippen LogP contribution in [0.2, 0.25) is 0 Å². The van der Waals surface area contributed by atoms with E-state index < -0.39 is 0 Å². The van der Waals surface area contributed by atoms with Crippen molar-refractivity contribution in [2.75, 3.05) is 12.3 Å². The number of hydrogen-bond donors (Lipinski definition) is 1. The van der Waals surface area contributed by atoms with E-state index in [9.17, 15) is 0 Å². The minimum Gasteiger partial charge on any atom is -0.329 e. The predicted molar refractivity (Wildman–Crippen MR) is 99.1 cm³/mol. The first-order valence-electron chi connectivity index (χ1n) is 9.31. The molecule has 0 amide bonds. The summed E-state index contributed by atoms with van der Waals surface area (Å²) in [5, 5.41) is 9.13. The topological polar surface area (TPSA) is 47.7 Å². The van der Waals surface area contributed by atoms with Crippen LogP contribution in [-0.2, 0) is 19.6 Å². The molecule has 1 fully saturated rings. The number of aryl methyl sites for hydroxylation is 2. The number of aromatic nitrogens is 4. The van der Waals surface area contributed by atoms with E-state index in [1.165, 1.54) is 43.6 Å². The Balaban J connectivity index is 1.41. The van der Waals surface area contributed by atoms with Crippen molar-refractivity contribution < 1.29 is 0 Å². The normalized spacial score (nSPS) is 19.2. The maximum absolute atomic E-state index is 4.80. The Bertz CT molecular complexity index is 633. The smallest absolute Gasteiger partial charge is 0.160 e. The van der Waals surface area contributed by atoms with Crippen LogP contribution in [0.4, 0.5) is 0 Å². The molecule has 0 bridgehead atoms. The monoisotopic (exact) mass is 345 g/mol. The van der Waals surface area contributed by atoms with E-state index in [0.29, 0.717) is 0 Å². The molecule has 1 aliphatic heterocycles. The zero-order valence-electron chi connectivity index (χ0n) is 14.3. The summed E-state index contributed by atoms with van der Waals surface area (Å²) in [6, 6.07) is 2.20. The number of hydrogen-bond acceptors (Lipinski definition) is 4. The molecule has 0 spiro atoms. The summed E-state index contributed by atoms with van der Waals surface area (Å²) in [7, 11) is 0. The van der Waals surface area contributed by atoms with Crippen LogP contribution < -0.4 is 5.32 Å². The zero-order chi connectivity index (χ0) is 16.2. The van der Waals surface area contributed by atoms with E-state index in [0.717, 1.165) is 49.4 Å². The number of nitrogens with one attached hydrogen (secondary N) is 1. The second-order valence-electron chi connectivity index (χ2n) is 6.85. The number of rotatable bonds is 5. The lowest BCUT2D eigenvalue weighted by Crippen LogP contribution is -2.12. The van der Waals surface area contributed by atoms with Gasteiger partial charge < -0.3 is 9.88 Å². The average Bonchev–Trinajstić information content (AvgIpc) is 3.17. The standard InChI is InChI=1S/C18H27N5S/c1-2-5-16(6-3-1)24-12-11-22-10-8-20-18(22)17-13-15-14-19-7-4-9-23(15)21-17/h8,10,13,16,19H,1-7,9,11-12,14H2. The molecular weight excluding hydrogens is 318 g/mol. The summed E-state index contributed by atoms with van der Waals surface area (Å²) in [5.74, 6) is 2.18. The van der Waals surface area contributed by atoms with Crippen molar-refractivity contribution in [1.29, 1.82) is 0 Å². The van der Waals surface area contributed by atoms with Crippen LogP contribution in [-0.4, -0.2) is 36.9 Å². The second kappa shape index (κ2) is 7.74. The third-order valence-corrected chi connectivity index (χ3v) is 6.44. The highest BCUT2D eigenvalue weighted by Crippen LogP contribution is 2.28. The molecule has 5 nitrogen and oxygen atoms in total. The Morgan fingerprint density at radius 2 is 2.12 bits per heavy atom. The van der Waals surface area contributed by atoms with E-state index in [2.05, 4.69) is 43.6 Å². The Morgan fingerprint density at radius 3 is 3.04 bits per heavy atom. The van der Waals surface area contributed by atoms with Gasteiger partial charge in [-0.15, -0.1) is 0 Å². The number of thioether (sulfide) groups is 1. The Kier molecular flexibility index (Phi) is 5.23. The highest BCUT2D eigenvalue weighted by atomic mass is 32.2. The molecule has 24 heavy (non-hydrogen) atoms. The Labute approximate surface area is 148 Å². The fourth-order valence-corrected chi connectivity index (χ4v) is 5.05. The summed E-state index contributed by atoms with van der Waals surface area (Å²) in [4.78, 5) is 4.58. The first-order chi connectivity index (χ1) is 11.9. The largest absolute Gasteiger partial charge is 0.329 e. The molecule has 1 N–H and O–H groups in total. The lowest BCUT2D eigenvalue weighted by Gasteiger charge is -2.21. The van der Waals surface area contributed by atoms with Crippen LogP contribution in [0.25, 0.3) is 11.5 Å². The summed E-state index contributed by atoms with van der Waals surface area (Å²) in [5.41, 5.74) is 2.29. The Hall–Kier alpha value is -1.27. The van der Waals surface area contributed by atoms with Crippen LogP contribution in [0.5, 0.6) is 0 Å². The minimum absolute atomic E-state index is 0.875. The molecule has 4 rings (SSSR count). The molecule has 0 aromatic carbocycles. The van der Waals surface area contributed by atoms with Crippen molar-refractivity contribution in [1.82, 2.24) is 24.6 Å². The fraction of sp³-hybridized carbons (Fsp3) is 0.667. The molecule has 3 heterocycles. The maximum Gasteiger partial charge on any atom is 0.160 e. The highest BCUT2D eigenvalue weighted by molar-refractivity contribution is 7.99. The summed E-state index contributed by atoms with van der Waals surface area (Å²) < 4.78 is 4.41. The summed E-state index contributed by atoms with van der Waals surface area (Å²) in [6.07, 6.45) is 12.2. The first-order valence-corrected chi connectivity index (χ1v) is 10.4. The van der Waals surface area contributed by atoms with Gasteiger partial charge in [-0.05, 0) is 31.9 Å². The van der Waals surface area contributed by atoms with Crippen molar-refractivity contribution in [2.24, 2.45) is 0 Å². The molecular formula is C18H27N5S. The fourth-order valence-electron chi connectivity index (χ4n) is 3.74. The van der Waals surface area contributed by atoms with Gasteiger partial charge in [-0.25, -0.2) is 4.98 Å². The van der Waals surface area contributed by atoms with Crippen molar-refractivity contribution in [2.45, 2.75) is 63.4 Å². The average molecular weight is 346 g/mol. The molecule has 0 saturated heterocycles. The third-order valence-electron chi connectivity index (χ3n) is 5.08. The van der Waals surface area contributed by atoms with Crippen LogP contribution in [0.15, 0.2) is 18.5 Å². The van der Waals surface area contributed by atoms with Crippen molar-refractivity contribution >= 4 is 11.8 Å². The number of imidazole rings is 1. The van der Waals surface area contributed by atoms with Gasteiger partial charge in [0.2, 0.25) is 0 Å². The van der Waals surface area contributed by atoms with Crippen LogP contribution in [0.3, 0.4) is 0 Å². The van der Waals surface area contributed by atoms with Gasteiger partial charge in [0.15, 0.2) is 5.82 Å². The molecule has 0 radical (unpaired) electrons. The molecule has 2 aliphatic rings. The van der Waals surface area contributed by atoms with Gasteiger partial charge in [-0.1, -0.05) is 19.3 Å². The lowest BCUT2D eigenvalue weighted by molar-refractivity contribution is 0.515. The molecule has 2 aromatic heterocycles. The van der Waals surface area contributed by atoms with E-state index >= 15 is 0 Å². The van der Waals surface area contributed by atoms with Crippen molar-refractivity contribution in [3.05, 3.63) is 24.2 Å². The highest BCUT2D eigenvalue weighted by Gasteiger charge is 2.16. The molecule has 0 atom stereocenters. The van der Waals surface area contributed by atoms with Gasteiger partial charge >= 0.3 is 0 Å². The van der Waals surface area contributed by atoms with Gasteiger partial charge in [0, 0.05) is 43.0 Å². The van der Waals surface area contributed by atoms with Crippen LogP contribution >= 0.6 is 11.8 Å². The van der Waals surface area contributed by atoms with Gasteiger partial charge in [-0.2, -0.15) is 16.9 Å². The SMILES string of the molecule is c1cn(CCSC2CCCCC2)c(-c2cc3n(n2)CCCNC3)n1. The zero-order valence-corrected chi connectivity index (χ0v) is 15.1. The van der Waals surface area contributed by atoms with E-state index in [1.807, 2.05) is 6.20 Å². The van der Waals surface area contributed by atoms with Crippen molar-refractivity contribution in [3.8, 4) is 11.5 Å². The molecule has 130 valence electrons. The Morgan fingerprint density at radius 1 is 1.21 bits per heavy atom. The third kappa shape index (κ3) is 3.70. The first kappa shape index (κ1) is 16.2. The van der Waals surface area contributed by atoms with Crippen molar-refractivity contribution in [3.63, 3.8) is 0 Å². The van der Waals surface area contributed by atoms with E-state index in [-0.39, 0.29) is 0 Å². The molecule has 2 aromatic rings. The quantitative estimate of drug-likeness (QED) is 0.903. The van der Waals surface area contributed by atoms with Crippen LogP contribution in [0, 0.1) is 0 Å². The van der Waals surface area contributed by atoms with Crippen LogP contribution in [0.1, 0.15) is 44.2 Å². The van der Waals surface area contributed by atoms with Gasteiger partial charge in [-0.3, -0.25) is 4.68 Å². The molecule has 1 aliphatic carbocycles. The molecule has 0 unspecified atom stereocenters. The minimum atomic E-state index is 0.875. The predicted octanol–water partition coefficient (Wildman–Crippen LogP) is 3.31. The lowest BCUT2D eigenvalue weighted by atomic mass is 10.0. The summed E-state index contributed by atoms with van der Waals surface area (Å²) in [6.45, 7) is 4.01. The molecule has 6 heteroatoms. The van der Waals surface area contributed by atoms with E-state index in [4.69, 9.17) is 5.10 Å². The van der Waals surface area contributed by atoms with Gasteiger partial charge in [0.25, 0.3) is 0 Å². The maximum atomic E-state index is 4.80. The number of fused-ring (bicyclic) bond motifs is 1. The summed E-state index contributed by atoms with van der Waals surface area (Å²) >= 11 is 2.15. The van der Waals surface area contributed by atoms with Gasteiger partial charge in [0.1, 0.15) is 5.69 Å². The number of nitrogens with zero attached hydrogens (tertiary/aromatic N) is 4. The van der Waals surface area contributed by atoms with Gasteiger partial charge in [0.05, 0.1) is 5.69 Å². The molecule has 1 saturated carbocycles. The van der Waals surface area contributed by atoms with E-state index in [1.54, 1.807) is 0 Å². The second-order valence-corrected chi connectivity index (χ2v) is 8.26.